The van der Waals surface area contributed by atoms with Crippen molar-refractivity contribution in [2.24, 2.45) is 0 Å². The molecule has 0 radical (unpaired) electrons. The largest absolute Gasteiger partial charge is 0.318 e. The van der Waals surface area contributed by atoms with E-state index in [1.54, 1.807) is 4.90 Å². The van der Waals surface area contributed by atoms with Crippen molar-refractivity contribution in [3.05, 3.63) is 59.2 Å². The normalized spacial score (nSPS) is 12.9. The molecule has 2 aromatic carbocycles. The summed E-state index contributed by atoms with van der Waals surface area (Å²) in [5.74, 6) is -1.11. The Morgan fingerprint density at radius 1 is 1.05 bits per heavy atom. The number of amides is 2. The highest BCUT2D eigenvalue weighted by atomic mass is 16.2. The van der Waals surface area contributed by atoms with Gasteiger partial charge in [-0.15, -0.1) is 0 Å². The fourth-order valence-electron chi connectivity index (χ4n) is 2.90. The van der Waals surface area contributed by atoms with Gasteiger partial charge in [-0.05, 0) is 55.2 Å². The summed E-state index contributed by atoms with van der Waals surface area (Å²) in [7, 11) is 0. The summed E-state index contributed by atoms with van der Waals surface area (Å²) in [6.07, 6.45) is 0.790. The van der Waals surface area contributed by atoms with Crippen LogP contribution in [0, 0.1) is 13.8 Å². The molecule has 22 heavy (non-hydrogen) atoms. The van der Waals surface area contributed by atoms with Crippen molar-refractivity contribution in [2.45, 2.75) is 20.3 Å². The van der Waals surface area contributed by atoms with Gasteiger partial charge in [-0.25, -0.2) is 0 Å². The van der Waals surface area contributed by atoms with Crippen molar-refractivity contribution >= 4 is 23.2 Å². The molecule has 2 amide bonds. The van der Waals surface area contributed by atoms with Gasteiger partial charge in [0.15, 0.2) is 0 Å². The molecular weight excluding hydrogens is 276 g/mol. The number of para-hydroxylation sites is 1. The summed E-state index contributed by atoms with van der Waals surface area (Å²) < 4.78 is 0. The van der Waals surface area contributed by atoms with Crippen molar-refractivity contribution in [3.8, 4) is 0 Å². The molecule has 0 saturated carbocycles. The van der Waals surface area contributed by atoms with Gasteiger partial charge in [0.2, 0.25) is 0 Å². The second-order valence-electron chi connectivity index (χ2n) is 5.67. The van der Waals surface area contributed by atoms with E-state index in [1.807, 2.05) is 56.3 Å². The Hall–Kier alpha value is -2.62. The maximum Gasteiger partial charge on any atom is 0.316 e. The van der Waals surface area contributed by atoms with Gasteiger partial charge in [-0.1, -0.05) is 24.3 Å². The predicted octanol–water partition coefficient (Wildman–Crippen LogP) is 2.83. The predicted molar refractivity (Wildman–Crippen MR) is 87.0 cm³/mol. The molecule has 1 heterocycles. The summed E-state index contributed by atoms with van der Waals surface area (Å²) in [5, 5.41) is 2.70. The number of hydrogen-bond donors (Lipinski definition) is 1. The molecule has 0 bridgehead atoms. The number of nitrogens with one attached hydrogen (secondary N) is 1. The highest BCUT2D eigenvalue weighted by Crippen LogP contribution is 2.27. The second kappa shape index (κ2) is 5.64. The van der Waals surface area contributed by atoms with E-state index in [-0.39, 0.29) is 0 Å². The lowest BCUT2D eigenvalue weighted by molar-refractivity contribution is -0.134. The smallest absolute Gasteiger partial charge is 0.316 e. The van der Waals surface area contributed by atoms with E-state index in [2.05, 4.69) is 5.32 Å². The maximum absolute atomic E-state index is 12.4. The average molecular weight is 294 g/mol. The minimum atomic E-state index is -0.596. The van der Waals surface area contributed by atoms with Gasteiger partial charge in [-0.2, -0.15) is 0 Å². The zero-order valence-corrected chi connectivity index (χ0v) is 12.7. The lowest BCUT2D eigenvalue weighted by Crippen LogP contribution is -2.38. The van der Waals surface area contributed by atoms with Crippen LogP contribution in [0.25, 0.3) is 0 Å². The quantitative estimate of drug-likeness (QED) is 0.822. The molecule has 0 unspecified atom stereocenters. The molecule has 2 aromatic rings. The first kappa shape index (κ1) is 14.3. The van der Waals surface area contributed by atoms with Crippen molar-refractivity contribution in [3.63, 3.8) is 0 Å². The third-order valence-corrected chi connectivity index (χ3v) is 3.81. The number of hydrogen-bond acceptors (Lipinski definition) is 2. The molecule has 4 heteroatoms. The lowest BCUT2D eigenvalue weighted by atomic mass is 10.1. The van der Waals surface area contributed by atoms with E-state index in [1.165, 1.54) is 0 Å². The SMILES string of the molecule is Cc1cc(C)cc(NC(=O)C(=O)N2CCc3ccccc32)c1. The van der Waals surface area contributed by atoms with Crippen molar-refractivity contribution in [1.29, 1.82) is 0 Å². The van der Waals surface area contributed by atoms with Crippen LogP contribution in [0.4, 0.5) is 11.4 Å². The third kappa shape index (κ3) is 2.72. The molecule has 0 atom stereocenters. The maximum atomic E-state index is 12.4. The van der Waals surface area contributed by atoms with Crippen LogP contribution in [0.3, 0.4) is 0 Å². The van der Waals surface area contributed by atoms with Crippen LogP contribution in [0.5, 0.6) is 0 Å². The molecule has 112 valence electrons. The molecule has 1 aliphatic heterocycles. The summed E-state index contributed by atoms with van der Waals surface area (Å²) in [6, 6.07) is 13.4. The topological polar surface area (TPSA) is 49.4 Å². The molecule has 3 rings (SSSR count). The number of carbonyl (C=O) groups is 2. The first-order chi connectivity index (χ1) is 10.5. The van der Waals surface area contributed by atoms with E-state index in [0.717, 1.165) is 28.8 Å². The second-order valence-corrected chi connectivity index (χ2v) is 5.67. The van der Waals surface area contributed by atoms with Gasteiger partial charge in [0, 0.05) is 17.9 Å². The van der Waals surface area contributed by atoms with Crippen LogP contribution in [-0.4, -0.2) is 18.4 Å². The first-order valence-corrected chi connectivity index (χ1v) is 7.33. The zero-order chi connectivity index (χ0) is 15.7. The van der Waals surface area contributed by atoms with Gasteiger partial charge in [0.05, 0.1) is 0 Å². The monoisotopic (exact) mass is 294 g/mol. The first-order valence-electron chi connectivity index (χ1n) is 7.33. The Bertz CT molecular complexity index is 732. The number of anilines is 2. The molecule has 1 N–H and O–H groups in total. The fraction of sp³-hybridized carbons (Fsp3) is 0.222. The lowest BCUT2D eigenvalue weighted by Gasteiger charge is -2.17. The van der Waals surface area contributed by atoms with Gasteiger partial charge in [0.25, 0.3) is 0 Å². The van der Waals surface area contributed by atoms with E-state index < -0.39 is 11.8 Å². The Balaban J connectivity index is 1.77. The van der Waals surface area contributed by atoms with Gasteiger partial charge in [0.1, 0.15) is 0 Å². The summed E-state index contributed by atoms with van der Waals surface area (Å²) >= 11 is 0. The van der Waals surface area contributed by atoms with Crippen molar-refractivity contribution < 1.29 is 9.59 Å². The van der Waals surface area contributed by atoms with E-state index in [0.29, 0.717) is 12.2 Å². The van der Waals surface area contributed by atoms with Crippen LogP contribution < -0.4 is 10.2 Å². The minimum Gasteiger partial charge on any atom is -0.318 e. The average Bonchev–Trinajstić information content (AvgIpc) is 2.89. The Labute approximate surface area is 129 Å². The third-order valence-electron chi connectivity index (χ3n) is 3.81. The molecular formula is C18H18N2O2. The summed E-state index contributed by atoms with van der Waals surface area (Å²) in [6.45, 7) is 4.47. The Morgan fingerprint density at radius 3 is 2.45 bits per heavy atom. The number of benzene rings is 2. The molecule has 0 fully saturated rings. The summed E-state index contributed by atoms with van der Waals surface area (Å²) in [5.41, 5.74) is 4.70. The van der Waals surface area contributed by atoms with Crippen LogP contribution in [0.15, 0.2) is 42.5 Å². The highest BCUT2D eigenvalue weighted by molar-refractivity contribution is 6.44. The number of fused-ring (bicyclic) bond motifs is 1. The molecule has 0 aromatic heterocycles. The van der Waals surface area contributed by atoms with Gasteiger partial charge in [-0.3, -0.25) is 9.59 Å². The number of aryl methyl sites for hydroxylation is 2. The van der Waals surface area contributed by atoms with E-state index >= 15 is 0 Å². The molecule has 0 saturated heterocycles. The van der Waals surface area contributed by atoms with Crippen molar-refractivity contribution in [1.82, 2.24) is 0 Å². The Kier molecular flexibility index (Phi) is 3.67. The van der Waals surface area contributed by atoms with Gasteiger partial charge >= 0.3 is 11.8 Å². The van der Waals surface area contributed by atoms with Crippen LogP contribution in [-0.2, 0) is 16.0 Å². The highest BCUT2D eigenvalue weighted by Gasteiger charge is 2.28. The summed E-state index contributed by atoms with van der Waals surface area (Å²) in [4.78, 5) is 26.2. The minimum absolute atomic E-state index is 0.510. The van der Waals surface area contributed by atoms with E-state index in [4.69, 9.17) is 0 Å². The van der Waals surface area contributed by atoms with E-state index in [9.17, 15) is 9.59 Å². The standard InChI is InChI=1S/C18H18N2O2/c1-12-9-13(2)11-15(10-12)19-17(21)18(22)20-8-7-14-5-3-4-6-16(14)20/h3-6,9-11H,7-8H2,1-2H3,(H,19,21). The Morgan fingerprint density at radius 2 is 1.73 bits per heavy atom. The number of rotatable bonds is 1. The molecule has 0 spiro atoms. The molecule has 1 aliphatic rings. The number of nitrogens with zero attached hydrogens (tertiary/aromatic N) is 1. The van der Waals surface area contributed by atoms with Crippen LogP contribution in [0.2, 0.25) is 0 Å². The van der Waals surface area contributed by atoms with Crippen LogP contribution in [0.1, 0.15) is 16.7 Å². The van der Waals surface area contributed by atoms with Crippen LogP contribution >= 0.6 is 0 Å². The fourth-order valence-corrected chi connectivity index (χ4v) is 2.90. The van der Waals surface area contributed by atoms with Crippen molar-refractivity contribution in [2.75, 3.05) is 16.8 Å². The zero-order valence-electron chi connectivity index (χ0n) is 12.7. The van der Waals surface area contributed by atoms with Gasteiger partial charge < -0.3 is 10.2 Å². The molecule has 4 nitrogen and oxygen atoms in total. The molecule has 0 aliphatic carbocycles. The number of carbonyl (C=O) groups excluding carboxylic acids is 2.